The molecule has 0 aliphatic rings. The summed E-state index contributed by atoms with van der Waals surface area (Å²) in [7, 11) is -2.11. The van der Waals surface area contributed by atoms with Gasteiger partial charge in [0.25, 0.3) is 0 Å². The molecule has 0 bridgehead atoms. The van der Waals surface area contributed by atoms with E-state index in [1.807, 2.05) is 54.6 Å². The molecule has 0 heterocycles. The summed E-state index contributed by atoms with van der Waals surface area (Å²) in [6.07, 6.45) is -3.67. The van der Waals surface area contributed by atoms with Crippen LogP contribution in [0.4, 0.5) is 13.2 Å². The summed E-state index contributed by atoms with van der Waals surface area (Å²) in [6, 6.07) is 36.6. The number of benzene rings is 4. The first-order valence-electron chi connectivity index (χ1n) is 9.71. The zero-order valence-electron chi connectivity index (χ0n) is 16.7. The molecule has 0 fully saturated rings. The smallest absolute Gasteiger partial charge is 0.166 e. The quantitative estimate of drug-likeness (QED) is 0.264. The van der Waals surface area contributed by atoms with Gasteiger partial charge >= 0.3 is 6.18 Å². The second-order valence-corrected chi connectivity index (χ2v) is 10.7. The van der Waals surface area contributed by atoms with Crippen molar-refractivity contribution in [3.63, 3.8) is 0 Å². The van der Waals surface area contributed by atoms with Gasteiger partial charge in [-0.2, -0.15) is 13.2 Å². The zero-order valence-corrected chi connectivity index (χ0v) is 19.3. The molecule has 0 amide bonds. The van der Waals surface area contributed by atoms with Gasteiger partial charge in [0.1, 0.15) is 23.2 Å². The maximum Gasteiger partial charge on any atom is 0.416 e. The highest BCUT2D eigenvalue weighted by Crippen LogP contribution is 2.58. The van der Waals surface area contributed by atoms with Crippen LogP contribution in [0.1, 0.15) is 11.1 Å². The third-order valence-corrected chi connectivity index (χ3v) is 9.67. The van der Waals surface area contributed by atoms with Crippen molar-refractivity contribution in [2.24, 2.45) is 0 Å². The highest BCUT2D eigenvalue weighted by atomic mass is 79.9. The monoisotopic (exact) mass is 501 g/mol. The van der Waals surface area contributed by atoms with Crippen molar-refractivity contribution in [3.8, 4) is 0 Å². The standard InChI is InChI=1S/C26H21F3P.BrH/c27-26(28,29)22-18-16-21(17-19-22)20-30(23-10-4-1-5-11-23,24-12-6-2-7-13-24)25-14-8-3-9-15-25;/h1-19H,20H2;1H/q+1;. The van der Waals surface area contributed by atoms with Gasteiger partial charge in [0, 0.05) is 0 Å². The third-order valence-electron chi connectivity index (χ3n) is 5.29. The lowest BCUT2D eigenvalue weighted by Crippen LogP contribution is -2.32. The second kappa shape index (κ2) is 9.80. The summed E-state index contributed by atoms with van der Waals surface area (Å²) in [5.41, 5.74) is 0.280. The Balaban J connectivity index is 0.00000272. The van der Waals surface area contributed by atoms with Crippen LogP contribution in [0.25, 0.3) is 0 Å². The van der Waals surface area contributed by atoms with Gasteiger partial charge in [0.05, 0.1) is 11.7 Å². The summed E-state index contributed by atoms with van der Waals surface area (Å²) < 4.78 is 39.2. The lowest BCUT2D eigenvalue weighted by molar-refractivity contribution is -0.137. The second-order valence-electron chi connectivity index (χ2n) is 7.17. The lowest BCUT2D eigenvalue weighted by Gasteiger charge is -2.28. The molecule has 0 aromatic heterocycles. The third kappa shape index (κ3) is 4.92. The fourth-order valence-electron chi connectivity index (χ4n) is 3.84. The highest BCUT2D eigenvalue weighted by Gasteiger charge is 2.45. The van der Waals surface area contributed by atoms with Crippen molar-refractivity contribution in [3.05, 3.63) is 126 Å². The molecular formula is C26H22BrF3P+. The first kappa shape index (κ1) is 23.2. The normalized spacial score (nSPS) is 11.6. The van der Waals surface area contributed by atoms with E-state index in [9.17, 15) is 13.2 Å². The Kier molecular flexibility index (Phi) is 7.35. The molecule has 4 aromatic rings. The SMILES string of the molecule is Br.FC(F)(F)c1ccc(C[P+](c2ccccc2)(c2ccccc2)c2ccccc2)cc1. The molecule has 0 spiro atoms. The van der Waals surface area contributed by atoms with Crippen molar-refractivity contribution >= 4 is 40.2 Å². The van der Waals surface area contributed by atoms with E-state index in [1.165, 1.54) is 28.0 Å². The van der Waals surface area contributed by atoms with Gasteiger partial charge in [-0.25, -0.2) is 0 Å². The van der Waals surface area contributed by atoms with Crippen LogP contribution in [0.5, 0.6) is 0 Å². The van der Waals surface area contributed by atoms with Gasteiger partial charge in [-0.05, 0) is 54.1 Å². The maximum atomic E-state index is 13.1. The minimum absolute atomic E-state index is 0. The van der Waals surface area contributed by atoms with Crippen LogP contribution >= 0.6 is 24.2 Å². The summed E-state index contributed by atoms with van der Waals surface area (Å²) in [4.78, 5) is 0. The Morgan fingerprint density at radius 1 is 0.516 bits per heavy atom. The van der Waals surface area contributed by atoms with E-state index in [4.69, 9.17) is 0 Å². The first-order chi connectivity index (χ1) is 14.5. The Morgan fingerprint density at radius 2 is 0.871 bits per heavy atom. The number of hydrogen-bond acceptors (Lipinski definition) is 0. The average molecular weight is 502 g/mol. The molecule has 0 saturated heterocycles. The first-order valence-corrected chi connectivity index (χ1v) is 11.7. The summed E-state index contributed by atoms with van der Waals surface area (Å²) in [6.45, 7) is 0. The number of rotatable bonds is 5. The minimum atomic E-state index is -4.33. The fourth-order valence-corrected chi connectivity index (χ4v) is 8.09. The van der Waals surface area contributed by atoms with Gasteiger partial charge < -0.3 is 0 Å². The molecule has 31 heavy (non-hydrogen) atoms. The van der Waals surface area contributed by atoms with Gasteiger partial charge in [-0.1, -0.05) is 66.7 Å². The maximum absolute atomic E-state index is 13.1. The zero-order chi connectivity index (χ0) is 21.0. The van der Waals surface area contributed by atoms with E-state index in [0.717, 1.165) is 5.56 Å². The molecule has 0 saturated carbocycles. The number of alkyl halides is 3. The molecule has 0 nitrogen and oxygen atoms in total. The molecule has 0 aliphatic carbocycles. The van der Waals surface area contributed by atoms with Crippen LogP contribution in [0.2, 0.25) is 0 Å². The van der Waals surface area contributed by atoms with Crippen LogP contribution in [-0.4, -0.2) is 0 Å². The number of halogens is 4. The Labute approximate surface area is 191 Å². The topological polar surface area (TPSA) is 0 Å². The van der Waals surface area contributed by atoms with E-state index in [-0.39, 0.29) is 17.0 Å². The fraction of sp³-hybridized carbons (Fsp3) is 0.0769. The Hall–Kier alpha value is -2.42. The van der Waals surface area contributed by atoms with Gasteiger partial charge in [-0.3, -0.25) is 0 Å². The summed E-state index contributed by atoms with van der Waals surface area (Å²) >= 11 is 0. The molecule has 5 heteroatoms. The Bertz CT molecular complexity index is 984. The Morgan fingerprint density at radius 3 is 1.19 bits per heavy atom. The van der Waals surface area contributed by atoms with E-state index in [1.54, 1.807) is 12.1 Å². The van der Waals surface area contributed by atoms with Gasteiger partial charge in [0.15, 0.2) is 0 Å². The van der Waals surface area contributed by atoms with Gasteiger partial charge in [-0.15, -0.1) is 17.0 Å². The van der Waals surface area contributed by atoms with Crippen LogP contribution in [0.3, 0.4) is 0 Å². The van der Waals surface area contributed by atoms with Gasteiger partial charge in [0.2, 0.25) is 0 Å². The molecule has 0 radical (unpaired) electrons. The molecule has 4 rings (SSSR count). The lowest BCUT2D eigenvalue weighted by atomic mass is 10.1. The predicted molar refractivity (Wildman–Crippen MR) is 131 cm³/mol. The van der Waals surface area contributed by atoms with E-state index < -0.39 is 19.0 Å². The molecule has 158 valence electrons. The highest BCUT2D eigenvalue weighted by molar-refractivity contribution is 8.93. The molecule has 0 N–H and O–H groups in total. The largest absolute Gasteiger partial charge is 0.416 e. The van der Waals surface area contributed by atoms with Crippen LogP contribution < -0.4 is 15.9 Å². The van der Waals surface area contributed by atoms with Crippen LogP contribution in [0, 0.1) is 0 Å². The van der Waals surface area contributed by atoms with Crippen molar-refractivity contribution in [1.82, 2.24) is 0 Å². The molecule has 0 atom stereocenters. The molecule has 0 aliphatic heterocycles. The van der Waals surface area contributed by atoms with E-state index in [0.29, 0.717) is 6.16 Å². The predicted octanol–water partition coefficient (Wildman–Crippen LogP) is 6.78. The molecular weight excluding hydrogens is 480 g/mol. The van der Waals surface area contributed by atoms with Crippen LogP contribution in [-0.2, 0) is 12.3 Å². The summed E-state index contributed by atoms with van der Waals surface area (Å²) in [5.74, 6) is 0. The van der Waals surface area contributed by atoms with Crippen molar-refractivity contribution in [2.75, 3.05) is 0 Å². The molecule has 0 unspecified atom stereocenters. The number of hydrogen-bond donors (Lipinski definition) is 0. The van der Waals surface area contributed by atoms with Crippen molar-refractivity contribution < 1.29 is 13.2 Å². The summed E-state index contributed by atoms with van der Waals surface area (Å²) in [5, 5.41) is 3.63. The van der Waals surface area contributed by atoms with Crippen molar-refractivity contribution in [2.45, 2.75) is 12.3 Å². The molecule has 4 aromatic carbocycles. The van der Waals surface area contributed by atoms with Crippen molar-refractivity contribution in [1.29, 1.82) is 0 Å². The van der Waals surface area contributed by atoms with E-state index >= 15 is 0 Å². The average Bonchev–Trinajstić information content (AvgIpc) is 2.79. The minimum Gasteiger partial charge on any atom is -0.166 e. The van der Waals surface area contributed by atoms with E-state index in [2.05, 4.69) is 36.4 Å². The van der Waals surface area contributed by atoms with Crippen LogP contribution in [0.15, 0.2) is 115 Å².